The second-order valence-corrected chi connectivity index (χ2v) is 3.96. The number of Topliss-reactive ketones (excluding diaryl/α,β-unsaturated/α-hetero) is 1. The smallest absolute Gasteiger partial charge is 0.321 e. The third-order valence-corrected chi connectivity index (χ3v) is 2.82. The van der Waals surface area contributed by atoms with Crippen LogP contribution in [0.25, 0.3) is 0 Å². The lowest BCUT2D eigenvalue weighted by molar-refractivity contribution is -0.150. The molecule has 2 atom stereocenters. The molecule has 0 spiro atoms. The molecule has 0 bridgehead atoms. The molecular formula is C10H15NO5. The van der Waals surface area contributed by atoms with E-state index in [1.165, 1.54) is 11.8 Å². The molecule has 2 N–H and O–H groups in total. The molecule has 1 heterocycles. The molecule has 1 saturated heterocycles. The van der Waals surface area contributed by atoms with Gasteiger partial charge in [-0.1, -0.05) is 0 Å². The van der Waals surface area contributed by atoms with Crippen LogP contribution < -0.4 is 0 Å². The number of aliphatic carboxylic acids is 2. The van der Waals surface area contributed by atoms with E-state index in [-0.39, 0.29) is 5.78 Å². The number of nitrogens with zero attached hydrogens (tertiary/aromatic N) is 1. The molecule has 6 nitrogen and oxygen atoms in total. The van der Waals surface area contributed by atoms with Crippen LogP contribution in [0.5, 0.6) is 0 Å². The van der Waals surface area contributed by atoms with Crippen LogP contribution in [0, 0.1) is 0 Å². The molecule has 1 rings (SSSR count). The van der Waals surface area contributed by atoms with E-state index in [0.29, 0.717) is 13.0 Å². The Balaban J connectivity index is 2.81. The Morgan fingerprint density at radius 2 is 2.00 bits per heavy atom. The average Bonchev–Trinajstić information content (AvgIpc) is 2.61. The molecule has 0 aromatic carbocycles. The summed E-state index contributed by atoms with van der Waals surface area (Å²) in [4.78, 5) is 34.3. The fraction of sp³-hybridized carbons (Fsp3) is 0.700. The molecule has 16 heavy (non-hydrogen) atoms. The highest BCUT2D eigenvalue weighted by Gasteiger charge is 2.37. The van der Waals surface area contributed by atoms with Gasteiger partial charge in [0.05, 0.1) is 12.5 Å². The first-order valence-electron chi connectivity index (χ1n) is 5.14. The van der Waals surface area contributed by atoms with Crippen LogP contribution in [0.3, 0.4) is 0 Å². The van der Waals surface area contributed by atoms with Gasteiger partial charge in [0, 0.05) is 0 Å². The Morgan fingerprint density at radius 3 is 2.44 bits per heavy atom. The number of likely N-dealkylation sites (tertiary alicyclic amines) is 1. The van der Waals surface area contributed by atoms with Crippen molar-refractivity contribution in [2.45, 2.75) is 38.3 Å². The van der Waals surface area contributed by atoms with Crippen LogP contribution in [-0.2, 0) is 14.4 Å². The van der Waals surface area contributed by atoms with E-state index >= 15 is 0 Å². The predicted octanol–water partition coefficient (Wildman–Crippen LogP) is -0.0323. The monoisotopic (exact) mass is 229 g/mol. The van der Waals surface area contributed by atoms with Crippen LogP contribution >= 0.6 is 0 Å². The van der Waals surface area contributed by atoms with Gasteiger partial charge in [0.15, 0.2) is 0 Å². The van der Waals surface area contributed by atoms with Crippen molar-refractivity contribution >= 4 is 17.7 Å². The van der Waals surface area contributed by atoms with Crippen molar-refractivity contribution in [2.24, 2.45) is 0 Å². The zero-order valence-electron chi connectivity index (χ0n) is 9.05. The normalized spacial score (nSPS) is 22.9. The maximum atomic E-state index is 11.3. The lowest BCUT2D eigenvalue weighted by Crippen LogP contribution is -2.47. The first kappa shape index (κ1) is 12.6. The standard InChI is InChI=1S/C10H15NO5/c1-6(12)7-3-2-4-11(7)8(10(15)16)5-9(13)14/h7-8H,2-5H2,1H3,(H,13,14)(H,15,16). The fourth-order valence-electron chi connectivity index (χ4n) is 2.11. The summed E-state index contributed by atoms with van der Waals surface area (Å²) in [7, 11) is 0. The van der Waals surface area contributed by atoms with Crippen LogP contribution in [0.15, 0.2) is 0 Å². The minimum Gasteiger partial charge on any atom is -0.481 e. The maximum Gasteiger partial charge on any atom is 0.321 e. The summed E-state index contributed by atoms with van der Waals surface area (Å²) >= 11 is 0. The summed E-state index contributed by atoms with van der Waals surface area (Å²) in [5.41, 5.74) is 0. The van der Waals surface area contributed by atoms with Crippen molar-refractivity contribution in [3.63, 3.8) is 0 Å². The molecule has 0 aromatic rings. The van der Waals surface area contributed by atoms with Crippen molar-refractivity contribution in [1.29, 1.82) is 0 Å². The number of ketones is 1. The summed E-state index contributed by atoms with van der Waals surface area (Å²) in [5, 5.41) is 17.6. The van der Waals surface area contributed by atoms with E-state index < -0.39 is 30.4 Å². The zero-order chi connectivity index (χ0) is 12.3. The first-order chi connectivity index (χ1) is 7.43. The molecule has 1 aliphatic heterocycles. The molecule has 1 fully saturated rings. The van der Waals surface area contributed by atoms with Gasteiger partial charge in [0.25, 0.3) is 0 Å². The van der Waals surface area contributed by atoms with Crippen molar-refractivity contribution in [2.75, 3.05) is 6.54 Å². The summed E-state index contributed by atoms with van der Waals surface area (Å²) in [6.45, 7) is 1.87. The van der Waals surface area contributed by atoms with E-state index in [0.717, 1.165) is 6.42 Å². The highest BCUT2D eigenvalue weighted by Crippen LogP contribution is 2.22. The molecule has 1 aliphatic rings. The van der Waals surface area contributed by atoms with E-state index in [4.69, 9.17) is 10.2 Å². The number of hydrogen-bond donors (Lipinski definition) is 2. The Bertz CT molecular complexity index is 314. The van der Waals surface area contributed by atoms with Crippen molar-refractivity contribution in [1.82, 2.24) is 4.90 Å². The van der Waals surface area contributed by atoms with Gasteiger partial charge in [0.2, 0.25) is 0 Å². The van der Waals surface area contributed by atoms with Gasteiger partial charge in [-0.05, 0) is 26.3 Å². The van der Waals surface area contributed by atoms with Gasteiger partial charge in [0.1, 0.15) is 11.8 Å². The van der Waals surface area contributed by atoms with Gasteiger partial charge in [-0.3, -0.25) is 19.3 Å². The second kappa shape index (κ2) is 5.07. The number of carboxylic acids is 2. The zero-order valence-corrected chi connectivity index (χ0v) is 9.05. The number of rotatable bonds is 5. The Labute approximate surface area is 92.9 Å². The third-order valence-electron chi connectivity index (χ3n) is 2.82. The molecule has 0 aromatic heterocycles. The summed E-state index contributed by atoms with van der Waals surface area (Å²) in [6.07, 6.45) is 0.867. The molecule has 0 amide bonds. The Morgan fingerprint density at radius 1 is 1.38 bits per heavy atom. The lowest BCUT2D eigenvalue weighted by atomic mass is 10.1. The number of carbonyl (C=O) groups is 3. The van der Waals surface area contributed by atoms with E-state index in [9.17, 15) is 14.4 Å². The summed E-state index contributed by atoms with van der Waals surface area (Å²) in [6, 6.07) is -1.55. The van der Waals surface area contributed by atoms with Crippen LogP contribution in [0.2, 0.25) is 0 Å². The highest BCUT2D eigenvalue weighted by molar-refractivity contribution is 5.85. The van der Waals surface area contributed by atoms with Gasteiger partial charge in [-0.25, -0.2) is 0 Å². The number of carbonyl (C=O) groups excluding carboxylic acids is 1. The van der Waals surface area contributed by atoms with Gasteiger partial charge in [-0.15, -0.1) is 0 Å². The van der Waals surface area contributed by atoms with Crippen molar-refractivity contribution < 1.29 is 24.6 Å². The lowest BCUT2D eigenvalue weighted by Gasteiger charge is -2.27. The molecule has 6 heteroatoms. The van der Waals surface area contributed by atoms with E-state index in [1.807, 2.05) is 0 Å². The molecule has 2 unspecified atom stereocenters. The topological polar surface area (TPSA) is 94.9 Å². The third kappa shape index (κ3) is 2.79. The molecule has 0 aliphatic carbocycles. The fourth-order valence-corrected chi connectivity index (χ4v) is 2.11. The van der Waals surface area contributed by atoms with Crippen molar-refractivity contribution in [3.8, 4) is 0 Å². The number of carboxylic acid groups (broad SMARTS) is 2. The summed E-state index contributed by atoms with van der Waals surface area (Å²) < 4.78 is 0. The minimum absolute atomic E-state index is 0.103. The molecule has 0 radical (unpaired) electrons. The van der Waals surface area contributed by atoms with Crippen LogP contribution in [0.1, 0.15) is 26.2 Å². The Kier molecular flexibility index (Phi) is 4.00. The Hall–Kier alpha value is -1.43. The molecule has 0 saturated carbocycles. The summed E-state index contributed by atoms with van der Waals surface area (Å²) in [5.74, 6) is -2.45. The predicted molar refractivity (Wildman–Crippen MR) is 54.1 cm³/mol. The SMILES string of the molecule is CC(=O)C1CCCN1C(CC(=O)O)C(=O)O. The quantitative estimate of drug-likeness (QED) is 0.687. The van der Waals surface area contributed by atoms with Gasteiger partial charge >= 0.3 is 11.9 Å². The van der Waals surface area contributed by atoms with E-state index in [2.05, 4.69) is 0 Å². The van der Waals surface area contributed by atoms with E-state index in [1.54, 1.807) is 0 Å². The maximum absolute atomic E-state index is 11.3. The average molecular weight is 229 g/mol. The van der Waals surface area contributed by atoms with Crippen LogP contribution in [-0.4, -0.2) is 51.5 Å². The van der Waals surface area contributed by atoms with Gasteiger partial charge in [-0.2, -0.15) is 0 Å². The highest BCUT2D eigenvalue weighted by atomic mass is 16.4. The largest absolute Gasteiger partial charge is 0.481 e. The minimum atomic E-state index is -1.18. The first-order valence-corrected chi connectivity index (χ1v) is 5.14. The molecule has 90 valence electrons. The second-order valence-electron chi connectivity index (χ2n) is 3.96. The molecular weight excluding hydrogens is 214 g/mol. The van der Waals surface area contributed by atoms with Crippen LogP contribution in [0.4, 0.5) is 0 Å². The van der Waals surface area contributed by atoms with Crippen molar-refractivity contribution in [3.05, 3.63) is 0 Å². The number of hydrogen-bond acceptors (Lipinski definition) is 4. The van der Waals surface area contributed by atoms with Gasteiger partial charge < -0.3 is 10.2 Å².